The van der Waals surface area contributed by atoms with Gasteiger partial charge in [-0.25, -0.2) is 4.79 Å². The van der Waals surface area contributed by atoms with E-state index in [1.54, 1.807) is 0 Å². The molecule has 3 nitrogen and oxygen atoms in total. The molecule has 1 aliphatic rings. The fourth-order valence-electron chi connectivity index (χ4n) is 2.15. The van der Waals surface area contributed by atoms with Gasteiger partial charge < -0.3 is 10.1 Å². The monoisotopic (exact) mass is 247 g/mol. The van der Waals surface area contributed by atoms with E-state index in [0.717, 1.165) is 18.4 Å². The highest BCUT2D eigenvalue weighted by atomic mass is 16.5. The van der Waals surface area contributed by atoms with Crippen molar-refractivity contribution in [2.45, 2.75) is 45.3 Å². The summed E-state index contributed by atoms with van der Waals surface area (Å²) in [5.74, 6) is 0.675. The Morgan fingerprint density at radius 1 is 1.39 bits per heavy atom. The molecule has 2 rings (SSSR count). The Hall–Kier alpha value is -1.51. The Bertz CT molecular complexity index is 373. The smallest absolute Gasteiger partial charge is 0.407 e. The Labute approximate surface area is 109 Å². The predicted molar refractivity (Wildman–Crippen MR) is 71.2 cm³/mol. The van der Waals surface area contributed by atoms with Crippen LogP contribution in [0.25, 0.3) is 0 Å². The first-order valence-corrected chi connectivity index (χ1v) is 6.77. The van der Waals surface area contributed by atoms with E-state index >= 15 is 0 Å². The van der Waals surface area contributed by atoms with Crippen molar-refractivity contribution < 1.29 is 9.53 Å². The first-order valence-electron chi connectivity index (χ1n) is 6.77. The van der Waals surface area contributed by atoms with Crippen LogP contribution >= 0.6 is 0 Å². The van der Waals surface area contributed by atoms with Crippen molar-refractivity contribution in [1.29, 1.82) is 0 Å². The molecular formula is C15H21NO2. The number of carbonyl (C=O) groups excluding carboxylic acids is 1. The number of carbonyl (C=O) groups is 1. The number of ether oxygens (including phenoxy) is 1. The molecule has 1 aromatic carbocycles. The minimum atomic E-state index is -0.288. The van der Waals surface area contributed by atoms with E-state index in [-0.39, 0.29) is 6.09 Å². The normalized spacial score (nSPS) is 16.1. The Kier molecular flexibility index (Phi) is 4.62. The first kappa shape index (κ1) is 12.9. The molecule has 1 unspecified atom stereocenters. The highest BCUT2D eigenvalue weighted by Gasteiger charge is 2.31. The van der Waals surface area contributed by atoms with Crippen molar-refractivity contribution >= 4 is 6.09 Å². The van der Waals surface area contributed by atoms with Crippen molar-refractivity contribution in [1.82, 2.24) is 5.32 Å². The van der Waals surface area contributed by atoms with Crippen LogP contribution in [-0.4, -0.2) is 12.1 Å². The highest BCUT2D eigenvalue weighted by molar-refractivity contribution is 5.67. The van der Waals surface area contributed by atoms with E-state index in [2.05, 4.69) is 12.2 Å². The summed E-state index contributed by atoms with van der Waals surface area (Å²) in [5.41, 5.74) is 1.02. The standard InChI is InChI=1S/C15H21NO2/c1-2-6-14(13-9-10-13)16-15(17)18-11-12-7-4-3-5-8-12/h3-5,7-8,13-14H,2,6,9-11H2,1H3,(H,16,17). The van der Waals surface area contributed by atoms with Crippen LogP contribution in [0.5, 0.6) is 0 Å². The van der Waals surface area contributed by atoms with Crippen LogP contribution in [0.3, 0.4) is 0 Å². The van der Waals surface area contributed by atoms with E-state index < -0.39 is 0 Å². The summed E-state index contributed by atoms with van der Waals surface area (Å²) in [5, 5.41) is 2.99. The van der Waals surface area contributed by atoms with Crippen LogP contribution in [-0.2, 0) is 11.3 Å². The maximum Gasteiger partial charge on any atom is 0.407 e. The Balaban J connectivity index is 1.74. The van der Waals surface area contributed by atoms with Gasteiger partial charge in [-0.3, -0.25) is 0 Å². The molecule has 0 aliphatic heterocycles. The average Bonchev–Trinajstić information content (AvgIpc) is 3.21. The maximum atomic E-state index is 11.7. The lowest BCUT2D eigenvalue weighted by molar-refractivity contribution is 0.133. The molecule has 0 radical (unpaired) electrons. The van der Waals surface area contributed by atoms with Gasteiger partial charge in [0.15, 0.2) is 0 Å². The zero-order valence-corrected chi connectivity index (χ0v) is 10.9. The van der Waals surface area contributed by atoms with Gasteiger partial charge in [0.2, 0.25) is 0 Å². The second kappa shape index (κ2) is 6.43. The number of hydrogen-bond donors (Lipinski definition) is 1. The molecule has 1 fully saturated rings. The topological polar surface area (TPSA) is 38.3 Å². The summed E-state index contributed by atoms with van der Waals surface area (Å²) in [4.78, 5) is 11.7. The van der Waals surface area contributed by atoms with Crippen LogP contribution in [0.4, 0.5) is 4.79 Å². The lowest BCUT2D eigenvalue weighted by Crippen LogP contribution is -2.36. The highest BCUT2D eigenvalue weighted by Crippen LogP contribution is 2.34. The van der Waals surface area contributed by atoms with E-state index in [1.807, 2.05) is 30.3 Å². The van der Waals surface area contributed by atoms with Crippen LogP contribution in [0.1, 0.15) is 38.2 Å². The van der Waals surface area contributed by atoms with Gasteiger partial charge in [0.05, 0.1) is 0 Å². The van der Waals surface area contributed by atoms with E-state index in [4.69, 9.17) is 4.74 Å². The second-order valence-corrected chi connectivity index (χ2v) is 4.94. The fraction of sp³-hybridized carbons (Fsp3) is 0.533. The molecule has 0 saturated heterocycles. The molecule has 3 heteroatoms. The summed E-state index contributed by atoms with van der Waals surface area (Å²) in [7, 11) is 0. The SMILES string of the molecule is CCCC(NC(=O)OCc1ccccc1)C1CC1. The van der Waals surface area contributed by atoms with Gasteiger partial charge >= 0.3 is 6.09 Å². The molecule has 1 amide bonds. The largest absolute Gasteiger partial charge is 0.445 e. The maximum absolute atomic E-state index is 11.7. The number of nitrogens with one attached hydrogen (secondary N) is 1. The van der Waals surface area contributed by atoms with E-state index in [1.165, 1.54) is 12.8 Å². The molecular weight excluding hydrogens is 226 g/mol. The molecule has 1 atom stereocenters. The summed E-state index contributed by atoms with van der Waals surface area (Å²) in [6.45, 7) is 2.49. The minimum absolute atomic E-state index is 0.288. The molecule has 0 aromatic heterocycles. The zero-order valence-electron chi connectivity index (χ0n) is 10.9. The first-order chi connectivity index (χ1) is 8.79. The van der Waals surface area contributed by atoms with Gasteiger partial charge in [0.1, 0.15) is 6.61 Å². The van der Waals surface area contributed by atoms with Crippen LogP contribution in [0.15, 0.2) is 30.3 Å². The molecule has 0 bridgehead atoms. The van der Waals surface area contributed by atoms with Gasteiger partial charge in [-0.2, -0.15) is 0 Å². The average molecular weight is 247 g/mol. The summed E-state index contributed by atoms with van der Waals surface area (Å²) >= 11 is 0. The van der Waals surface area contributed by atoms with Crippen molar-refractivity contribution in [3.63, 3.8) is 0 Å². The molecule has 1 aromatic rings. The lowest BCUT2D eigenvalue weighted by Gasteiger charge is -2.17. The number of alkyl carbamates (subject to hydrolysis) is 1. The molecule has 18 heavy (non-hydrogen) atoms. The van der Waals surface area contributed by atoms with Gasteiger partial charge in [-0.05, 0) is 30.7 Å². The van der Waals surface area contributed by atoms with Crippen LogP contribution in [0.2, 0.25) is 0 Å². The molecule has 1 N–H and O–H groups in total. The molecule has 0 heterocycles. The fourth-order valence-corrected chi connectivity index (χ4v) is 2.15. The third-order valence-electron chi connectivity index (χ3n) is 3.31. The van der Waals surface area contributed by atoms with Gasteiger partial charge in [-0.1, -0.05) is 43.7 Å². The summed E-state index contributed by atoms with van der Waals surface area (Å²) in [6.07, 6.45) is 4.34. The van der Waals surface area contributed by atoms with Crippen LogP contribution < -0.4 is 5.32 Å². The number of hydrogen-bond acceptors (Lipinski definition) is 2. The number of benzene rings is 1. The van der Waals surface area contributed by atoms with Crippen molar-refractivity contribution in [3.8, 4) is 0 Å². The van der Waals surface area contributed by atoms with Crippen molar-refractivity contribution in [2.75, 3.05) is 0 Å². The Morgan fingerprint density at radius 2 is 2.11 bits per heavy atom. The lowest BCUT2D eigenvalue weighted by atomic mass is 10.1. The molecule has 98 valence electrons. The second-order valence-electron chi connectivity index (χ2n) is 4.94. The molecule has 1 saturated carbocycles. The Morgan fingerprint density at radius 3 is 2.72 bits per heavy atom. The zero-order chi connectivity index (χ0) is 12.8. The predicted octanol–water partition coefficient (Wildman–Crippen LogP) is 3.49. The number of amides is 1. The van der Waals surface area contributed by atoms with E-state index in [9.17, 15) is 4.79 Å². The van der Waals surface area contributed by atoms with Gasteiger partial charge in [-0.15, -0.1) is 0 Å². The van der Waals surface area contributed by atoms with Crippen molar-refractivity contribution in [3.05, 3.63) is 35.9 Å². The quantitative estimate of drug-likeness (QED) is 0.835. The van der Waals surface area contributed by atoms with Crippen molar-refractivity contribution in [2.24, 2.45) is 5.92 Å². The minimum Gasteiger partial charge on any atom is -0.445 e. The third kappa shape index (κ3) is 4.06. The van der Waals surface area contributed by atoms with Crippen LogP contribution in [0, 0.1) is 5.92 Å². The van der Waals surface area contributed by atoms with E-state index in [0.29, 0.717) is 18.6 Å². The summed E-state index contributed by atoms with van der Waals surface area (Å²) < 4.78 is 5.23. The number of rotatable bonds is 6. The third-order valence-corrected chi connectivity index (χ3v) is 3.31. The van der Waals surface area contributed by atoms with Gasteiger partial charge in [0.25, 0.3) is 0 Å². The summed E-state index contributed by atoms with van der Waals surface area (Å²) in [6, 6.07) is 10.1. The molecule has 0 spiro atoms. The van der Waals surface area contributed by atoms with Gasteiger partial charge in [0, 0.05) is 6.04 Å². The molecule has 1 aliphatic carbocycles.